The van der Waals surface area contributed by atoms with E-state index in [1.165, 1.54) is 17.9 Å². The van der Waals surface area contributed by atoms with E-state index in [0.717, 1.165) is 0 Å². The summed E-state index contributed by atoms with van der Waals surface area (Å²) in [5, 5.41) is 8.55. The first-order chi connectivity index (χ1) is 10.8. The number of nitrogen functional groups attached to an aromatic ring is 1. The van der Waals surface area contributed by atoms with E-state index in [4.69, 9.17) is 34.2 Å². The summed E-state index contributed by atoms with van der Waals surface area (Å²) in [7, 11) is 1.17. The third-order valence-electron chi connectivity index (χ3n) is 2.97. The monoisotopic (exact) mass is 483 g/mol. The summed E-state index contributed by atoms with van der Waals surface area (Å²) in [6.45, 7) is 0. The van der Waals surface area contributed by atoms with Crippen LogP contribution in [-0.2, 0) is 4.74 Å². The highest BCUT2D eigenvalue weighted by Gasteiger charge is 2.27. The zero-order valence-electron chi connectivity index (χ0n) is 11.3. The van der Waals surface area contributed by atoms with Crippen molar-refractivity contribution in [2.45, 2.75) is 0 Å². The lowest BCUT2D eigenvalue weighted by Crippen LogP contribution is -2.12. The second-order valence-corrected chi connectivity index (χ2v) is 6.54. The van der Waals surface area contributed by atoms with Crippen LogP contribution in [0.1, 0.15) is 16.1 Å². The van der Waals surface area contributed by atoms with Crippen LogP contribution in [0.5, 0.6) is 0 Å². The molecule has 23 heavy (non-hydrogen) atoms. The molecule has 0 fully saturated rings. The van der Waals surface area contributed by atoms with Crippen molar-refractivity contribution in [3.8, 4) is 11.8 Å². The lowest BCUT2D eigenvalue weighted by molar-refractivity contribution is 0.0593. The van der Waals surface area contributed by atoms with Crippen LogP contribution in [0.25, 0.3) is 5.69 Å². The molecule has 0 spiro atoms. The molecule has 120 valence electrons. The Balaban J connectivity index is 2.94. The summed E-state index contributed by atoms with van der Waals surface area (Å²) in [4.78, 5) is 12.0. The highest BCUT2D eigenvalue weighted by atomic mass is 79.9. The number of carbonyl (C=O) groups is 1. The van der Waals surface area contributed by atoms with Crippen molar-refractivity contribution in [1.82, 2.24) is 4.57 Å². The number of methoxy groups -OCH3 is 1. The van der Waals surface area contributed by atoms with Gasteiger partial charge in [-0.3, -0.25) is 0 Å². The molecule has 1 aromatic heterocycles. The molecule has 0 aliphatic carbocycles. The minimum Gasteiger partial charge on any atom is -0.464 e. The average Bonchev–Trinajstić information content (AvgIpc) is 2.87. The number of anilines is 1. The minimum atomic E-state index is -0.837. The van der Waals surface area contributed by atoms with Gasteiger partial charge in [0, 0.05) is 6.20 Å². The molecule has 0 radical (unpaired) electrons. The zero-order valence-corrected chi connectivity index (χ0v) is 15.9. The number of esters is 1. The molecule has 0 atom stereocenters. The Bertz CT molecular complexity index is 848. The molecule has 0 aliphatic rings. The Morgan fingerprint density at radius 2 is 1.91 bits per heavy atom. The van der Waals surface area contributed by atoms with Crippen molar-refractivity contribution in [3.63, 3.8) is 0 Å². The predicted molar refractivity (Wildman–Crippen MR) is 91.6 cm³/mol. The number of hydrogen-bond donors (Lipinski definition) is 1. The summed E-state index contributed by atoms with van der Waals surface area (Å²) in [6.07, 6.45) is 1.30. The first-order valence-electron chi connectivity index (χ1n) is 5.77. The topological polar surface area (TPSA) is 81.0 Å². The van der Waals surface area contributed by atoms with Crippen molar-refractivity contribution in [2.24, 2.45) is 0 Å². The Hall–Kier alpha value is -1.27. The summed E-state index contributed by atoms with van der Waals surface area (Å²) in [6, 6.07) is 1.86. The van der Waals surface area contributed by atoms with Crippen LogP contribution in [0.15, 0.2) is 15.1 Å². The van der Waals surface area contributed by atoms with E-state index in [2.05, 4.69) is 36.6 Å². The van der Waals surface area contributed by atoms with Crippen LogP contribution >= 0.6 is 55.1 Å². The molecular weight excluding hydrogens is 480 g/mol. The molecule has 2 N–H and O–H groups in total. The second kappa shape index (κ2) is 6.69. The number of carbonyl (C=O) groups excluding carboxylic acids is 1. The lowest BCUT2D eigenvalue weighted by atomic mass is 10.2. The van der Waals surface area contributed by atoms with Gasteiger partial charge in [-0.25, -0.2) is 9.18 Å². The van der Waals surface area contributed by atoms with Gasteiger partial charge in [0.15, 0.2) is 11.5 Å². The fourth-order valence-electron chi connectivity index (χ4n) is 1.90. The normalized spacial score (nSPS) is 10.5. The van der Waals surface area contributed by atoms with Crippen LogP contribution in [0.4, 0.5) is 10.1 Å². The van der Waals surface area contributed by atoms with Crippen LogP contribution in [0, 0.1) is 17.1 Å². The maximum atomic E-state index is 13.9. The van der Waals surface area contributed by atoms with Gasteiger partial charge < -0.3 is 15.0 Å². The second-order valence-electron chi connectivity index (χ2n) is 4.20. The Morgan fingerprint density at radius 1 is 1.39 bits per heavy atom. The fourth-order valence-corrected chi connectivity index (χ4v) is 3.70. The summed E-state index contributed by atoms with van der Waals surface area (Å²) >= 11 is 18.1. The number of rotatable bonds is 2. The van der Waals surface area contributed by atoms with Crippen molar-refractivity contribution in [2.75, 3.05) is 12.8 Å². The summed E-state index contributed by atoms with van der Waals surface area (Å²) < 4.78 is 20.1. The number of hydrogen-bond acceptors (Lipinski definition) is 4. The molecule has 2 aromatic rings. The Morgan fingerprint density at radius 3 is 2.35 bits per heavy atom. The maximum absolute atomic E-state index is 13.9. The van der Waals surface area contributed by atoms with Crippen molar-refractivity contribution in [3.05, 3.63) is 42.3 Å². The highest BCUT2D eigenvalue weighted by Crippen LogP contribution is 2.43. The number of ether oxygens (including phenoxy) is 1. The van der Waals surface area contributed by atoms with Gasteiger partial charge in [0.25, 0.3) is 0 Å². The largest absolute Gasteiger partial charge is 0.464 e. The molecule has 0 amide bonds. The van der Waals surface area contributed by atoms with Gasteiger partial charge in [-0.05, 0) is 31.9 Å². The van der Waals surface area contributed by atoms with Gasteiger partial charge in [0.1, 0.15) is 6.07 Å². The van der Waals surface area contributed by atoms with E-state index in [-0.39, 0.29) is 41.6 Å². The molecule has 1 aromatic carbocycles. The molecule has 1 heterocycles. The van der Waals surface area contributed by atoms with Crippen LogP contribution < -0.4 is 5.73 Å². The van der Waals surface area contributed by atoms with Gasteiger partial charge in [-0.2, -0.15) is 5.26 Å². The van der Waals surface area contributed by atoms with Crippen molar-refractivity contribution in [1.29, 1.82) is 5.26 Å². The van der Waals surface area contributed by atoms with Gasteiger partial charge >= 0.3 is 5.97 Å². The smallest absolute Gasteiger partial charge is 0.357 e. The maximum Gasteiger partial charge on any atom is 0.357 e. The number of nitriles is 1. The van der Waals surface area contributed by atoms with Gasteiger partial charge in [0.2, 0.25) is 0 Å². The van der Waals surface area contributed by atoms with E-state index in [1.54, 1.807) is 0 Å². The first kappa shape index (κ1) is 18.1. The number of nitrogens with zero attached hydrogens (tertiary/aromatic N) is 2. The van der Waals surface area contributed by atoms with Gasteiger partial charge in [-0.1, -0.05) is 23.2 Å². The predicted octanol–water partition coefficient (Wildman–Crippen LogP) is 4.69. The number of nitrogens with two attached hydrogens (primary N) is 1. The summed E-state index contributed by atoms with van der Waals surface area (Å²) in [5.74, 6) is -1.62. The molecular formula is C13H6Br2Cl2FN3O2. The quantitative estimate of drug-likeness (QED) is 0.380. The zero-order chi connectivity index (χ0) is 17.5. The average molecular weight is 486 g/mol. The van der Waals surface area contributed by atoms with E-state index in [9.17, 15) is 9.18 Å². The number of halogens is 5. The Kier molecular flexibility index (Phi) is 5.26. The summed E-state index contributed by atoms with van der Waals surface area (Å²) in [5.41, 5.74) is 5.88. The Labute approximate surface area is 157 Å². The molecule has 0 bridgehead atoms. The fraction of sp³-hybridized carbons (Fsp3) is 0.0769. The van der Waals surface area contributed by atoms with Crippen molar-refractivity contribution < 1.29 is 13.9 Å². The van der Waals surface area contributed by atoms with Crippen LogP contribution in [0.2, 0.25) is 10.0 Å². The van der Waals surface area contributed by atoms with E-state index in [0.29, 0.717) is 0 Å². The van der Waals surface area contributed by atoms with E-state index >= 15 is 0 Å². The van der Waals surface area contributed by atoms with Crippen LogP contribution in [0.3, 0.4) is 0 Å². The first-order valence-corrected chi connectivity index (χ1v) is 8.11. The molecule has 0 aliphatic heterocycles. The number of aromatic nitrogens is 1. The molecule has 10 heteroatoms. The van der Waals surface area contributed by atoms with E-state index < -0.39 is 11.8 Å². The molecule has 2 rings (SSSR count). The van der Waals surface area contributed by atoms with Crippen LogP contribution in [-0.4, -0.2) is 17.6 Å². The SMILES string of the molecule is COC(=O)c1c(N)c(C#N)cn1-c1c(Br)c(Cl)c(F)c(Cl)c1Br. The van der Waals surface area contributed by atoms with Gasteiger partial charge in [-0.15, -0.1) is 0 Å². The van der Waals surface area contributed by atoms with Crippen molar-refractivity contribution >= 4 is 66.7 Å². The minimum absolute atomic E-state index is 0.0424. The third-order valence-corrected chi connectivity index (χ3v) is 5.68. The highest BCUT2D eigenvalue weighted by molar-refractivity contribution is 9.11. The number of benzene rings is 1. The third kappa shape index (κ3) is 2.83. The molecule has 0 saturated heterocycles. The molecule has 5 nitrogen and oxygen atoms in total. The lowest BCUT2D eigenvalue weighted by Gasteiger charge is -2.15. The molecule has 0 unspecified atom stereocenters. The van der Waals surface area contributed by atoms with Gasteiger partial charge in [0.05, 0.1) is 43.0 Å². The van der Waals surface area contributed by atoms with E-state index in [1.807, 2.05) is 6.07 Å². The standard InChI is InChI=1S/C13H6Br2Cl2FN3O2/c1-23-13(22)12-10(20)4(2-19)3-21(12)11-5(14)7(16)9(18)8(17)6(11)15/h3H,20H2,1H3. The molecule has 0 saturated carbocycles.